The maximum atomic E-state index is 12.2. The summed E-state index contributed by atoms with van der Waals surface area (Å²) in [5.41, 5.74) is 0.222. The molecule has 0 radical (unpaired) electrons. The highest BCUT2D eigenvalue weighted by Crippen LogP contribution is 2.31. The van der Waals surface area contributed by atoms with Crippen molar-refractivity contribution in [2.75, 3.05) is 19.6 Å². The van der Waals surface area contributed by atoms with Crippen molar-refractivity contribution in [3.8, 4) is 0 Å². The van der Waals surface area contributed by atoms with Gasteiger partial charge in [-0.15, -0.1) is 0 Å². The molecule has 0 aromatic carbocycles. The van der Waals surface area contributed by atoms with Crippen molar-refractivity contribution in [1.82, 2.24) is 9.80 Å². The van der Waals surface area contributed by atoms with Crippen molar-refractivity contribution < 1.29 is 14.4 Å². The zero-order valence-corrected chi connectivity index (χ0v) is 21.9. The summed E-state index contributed by atoms with van der Waals surface area (Å²) in [7, 11) is 0. The number of nitrogens with zero attached hydrogens (tertiary/aromatic N) is 2. The van der Waals surface area contributed by atoms with Crippen molar-refractivity contribution in [3.05, 3.63) is 0 Å². The molecule has 2 atom stereocenters. The molecule has 5 heteroatoms. The van der Waals surface area contributed by atoms with E-state index >= 15 is 0 Å². The van der Waals surface area contributed by atoms with Gasteiger partial charge in [-0.25, -0.2) is 0 Å². The van der Waals surface area contributed by atoms with E-state index < -0.39 is 0 Å². The molecule has 0 aliphatic carbocycles. The molecule has 3 amide bonds. The van der Waals surface area contributed by atoms with Crippen LogP contribution < -0.4 is 0 Å². The monoisotopic (exact) mass is 450 g/mol. The number of imide groups is 1. The minimum atomic E-state index is 0.0263. The van der Waals surface area contributed by atoms with Gasteiger partial charge in [0.05, 0.1) is 0 Å². The first-order chi connectivity index (χ1) is 15.2. The summed E-state index contributed by atoms with van der Waals surface area (Å²) in [6, 6.07) is 0. The minimum Gasteiger partial charge on any atom is -0.343 e. The number of hydrogen-bond acceptors (Lipinski definition) is 3. The molecule has 2 saturated heterocycles. The first-order valence-corrected chi connectivity index (χ1v) is 13.3. The Morgan fingerprint density at radius 1 is 0.906 bits per heavy atom. The van der Waals surface area contributed by atoms with E-state index in [-0.39, 0.29) is 17.2 Å². The normalized spacial score (nSPS) is 18.4. The van der Waals surface area contributed by atoms with Crippen LogP contribution in [0.15, 0.2) is 0 Å². The van der Waals surface area contributed by atoms with Gasteiger partial charge in [-0.2, -0.15) is 0 Å². The van der Waals surface area contributed by atoms with E-state index in [0.717, 1.165) is 58.0 Å². The third-order valence-electron chi connectivity index (χ3n) is 7.76. The van der Waals surface area contributed by atoms with Gasteiger partial charge in [-0.05, 0) is 42.9 Å². The van der Waals surface area contributed by atoms with Crippen LogP contribution in [-0.2, 0) is 14.4 Å². The molecule has 0 N–H and O–H groups in total. The molecular weight excluding hydrogens is 400 g/mol. The van der Waals surface area contributed by atoms with Crippen molar-refractivity contribution in [2.45, 2.75) is 119 Å². The van der Waals surface area contributed by atoms with Crippen molar-refractivity contribution in [1.29, 1.82) is 0 Å². The van der Waals surface area contributed by atoms with Crippen LogP contribution in [0.3, 0.4) is 0 Å². The highest BCUT2D eigenvalue weighted by Gasteiger charge is 2.29. The molecule has 5 nitrogen and oxygen atoms in total. The van der Waals surface area contributed by atoms with E-state index in [1.807, 2.05) is 4.90 Å². The predicted octanol–water partition coefficient (Wildman–Crippen LogP) is 6.20. The molecule has 186 valence electrons. The number of carbonyl (C=O) groups excluding carboxylic acids is 3. The molecule has 0 bridgehead atoms. The van der Waals surface area contributed by atoms with E-state index in [2.05, 4.69) is 41.5 Å². The lowest BCUT2D eigenvalue weighted by Gasteiger charge is -2.28. The van der Waals surface area contributed by atoms with E-state index in [0.29, 0.717) is 37.1 Å². The Morgan fingerprint density at radius 2 is 1.50 bits per heavy atom. The smallest absolute Gasteiger partial charge is 0.229 e. The number of likely N-dealkylation sites (tertiary alicyclic amines) is 2. The van der Waals surface area contributed by atoms with Crippen LogP contribution in [0, 0.1) is 17.3 Å². The average Bonchev–Trinajstić information content (AvgIpc) is 3.46. The zero-order chi connectivity index (χ0) is 24.1. The molecule has 2 heterocycles. The maximum absolute atomic E-state index is 12.2. The fourth-order valence-electron chi connectivity index (χ4n) is 4.84. The second-order valence-corrected chi connectivity index (χ2v) is 10.3. The van der Waals surface area contributed by atoms with Gasteiger partial charge in [0.25, 0.3) is 0 Å². The van der Waals surface area contributed by atoms with Crippen LogP contribution in [-0.4, -0.2) is 47.2 Å². The molecule has 2 aliphatic rings. The van der Waals surface area contributed by atoms with Crippen LogP contribution >= 0.6 is 0 Å². The van der Waals surface area contributed by atoms with Gasteiger partial charge in [0.15, 0.2) is 0 Å². The summed E-state index contributed by atoms with van der Waals surface area (Å²) < 4.78 is 0. The standard InChI is InChI=1S/C15H27NO2.C12H23NO/c1-4-7-12(3)13(8-5-2)11-15(18)16-10-6-9-14(16)17;1-4-12(3,5-2)10-11(14)13-8-6-7-9-13/h12-13H,4-11H2,1-3H3;4-10H2,1-3H3. The molecule has 0 aromatic heterocycles. The van der Waals surface area contributed by atoms with Crippen molar-refractivity contribution >= 4 is 17.7 Å². The van der Waals surface area contributed by atoms with Gasteiger partial charge in [-0.3, -0.25) is 19.3 Å². The molecule has 2 unspecified atom stereocenters. The zero-order valence-electron chi connectivity index (χ0n) is 21.9. The SMILES string of the molecule is CCC(C)(CC)CC(=O)N1CCCC1.CCCC(C)C(CCC)CC(=O)N1CCCC1=O. The highest BCUT2D eigenvalue weighted by molar-refractivity contribution is 5.96. The van der Waals surface area contributed by atoms with Crippen LogP contribution in [0.25, 0.3) is 0 Å². The molecule has 32 heavy (non-hydrogen) atoms. The molecule has 2 fully saturated rings. The van der Waals surface area contributed by atoms with Gasteiger partial charge in [0.2, 0.25) is 17.7 Å². The van der Waals surface area contributed by atoms with E-state index in [1.54, 1.807) is 0 Å². The van der Waals surface area contributed by atoms with Crippen LogP contribution in [0.1, 0.15) is 119 Å². The quantitative estimate of drug-likeness (QED) is 0.376. The summed E-state index contributed by atoms with van der Waals surface area (Å²) in [6.07, 6.45) is 11.8. The van der Waals surface area contributed by atoms with Gasteiger partial charge in [0.1, 0.15) is 0 Å². The number of carbonyl (C=O) groups is 3. The Morgan fingerprint density at radius 3 is 1.97 bits per heavy atom. The first-order valence-electron chi connectivity index (χ1n) is 13.3. The summed E-state index contributed by atoms with van der Waals surface area (Å²) in [4.78, 5) is 39.1. The number of rotatable bonds is 11. The lowest BCUT2D eigenvalue weighted by atomic mass is 9.81. The summed E-state index contributed by atoms with van der Waals surface area (Å²) in [5, 5.41) is 0. The van der Waals surface area contributed by atoms with Gasteiger partial charge in [0, 0.05) is 38.9 Å². The van der Waals surface area contributed by atoms with E-state index in [4.69, 9.17) is 0 Å². The molecule has 2 rings (SSSR count). The Kier molecular flexibility index (Phi) is 13.2. The topological polar surface area (TPSA) is 57.7 Å². The Labute approximate surface area is 197 Å². The molecule has 0 saturated carbocycles. The minimum absolute atomic E-state index is 0.0263. The third kappa shape index (κ3) is 9.23. The number of hydrogen-bond donors (Lipinski definition) is 0. The van der Waals surface area contributed by atoms with Gasteiger partial charge < -0.3 is 4.90 Å². The first kappa shape index (κ1) is 28.6. The molecular formula is C27H50N2O3. The Balaban J connectivity index is 0.000000330. The summed E-state index contributed by atoms with van der Waals surface area (Å²) in [6.45, 7) is 15.8. The molecule has 0 spiro atoms. The van der Waals surface area contributed by atoms with Crippen LogP contribution in [0.2, 0.25) is 0 Å². The lowest BCUT2D eigenvalue weighted by Crippen LogP contribution is -2.34. The molecule has 0 aromatic rings. The maximum Gasteiger partial charge on any atom is 0.229 e. The van der Waals surface area contributed by atoms with Crippen LogP contribution in [0.5, 0.6) is 0 Å². The third-order valence-corrected chi connectivity index (χ3v) is 7.76. The largest absolute Gasteiger partial charge is 0.343 e. The lowest BCUT2D eigenvalue weighted by molar-refractivity contribution is -0.142. The van der Waals surface area contributed by atoms with Gasteiger partial charge >= 0.3 is 0 Å². The summed E-state index contributed by atoms with van der Waals surface area (Å²) >= 11 is 0. The summed E-state index contributed by atoms with van der Waals surface area (Å²) in [5.74, 6) is 1.47. The molecule has 2 aliphatic heterocycles. The van der Waals surface area contributed by atoms with Crippen LogP contribution in [0.4, 0.5) is 0 Å². The van der Waals surface area contributed by atoms with E-state index in [9.17, 15) is 14.4 Å². The van der Waals surface area contributed by atoms with Crippen molar-refractivity contribution in [3.63, 3.8) is 0 Å². The average molecular weight is 451 g/mol. The fourth-order valence-corrected chi connectivity index (χ4v) is 4.84. The van der Waals surface area contributed by atoms with E-state index in [1.165, 1.54) is 24.2 Å². The second kappa shape index (κ2) is 14.7. The second-order valence-electron chi connectivity index (χ2n) is 10.3. The highest BCUT2D eigenvalue weighted by atomic mass is 16.2. The van der Waals surface area contributed by atoms with Gasteiger partial charge in [-0.1, -0.05) is 73.6 Å². The Bertz CT molecular complexity index is 579. The fraction of sp³-hybridized carbons (Fsp3) is 0.889. The number of amides is 3. The Hall–Kier alpha value is -1.39. The van der Waals surface area contributed by atoms with Crippen molar-refractivity contribution in [2.24, 2.45) is 17.3 Å². The predicted molar refractivity (Wildman–Crippen MR) is 132 cm³/mol.